The summed E-state index contributed by atoms with van der Waals surface area (Å²) in [5.74, 6) is 1.22. The van der Waals surface area contributed by atoms with E-state index in [-0.39, 0.29) is 18.5 Å². The zero-order chi connectivity index (χ0) is 25.3. The van der Waals surface area contributed by atoms with Crippen LogP contribution in [0.1, 0.15) is 43.0 Å². The van der Waals surface area contributed by atoms with Crippen molar-refractivity contribution in [2.75, 3.05) is 7.11 Å². The Hall–Kier alpha value is -3.46. The topological polar surface area (TPSA) is 99.2 Å². The van der Waals surface area contributed by atoms with Crippen LogP contribution < -0.4 is 4.74 Å². The third-order valence-electron chi connectivity index (χ3n) is 6.13. The number of amides is 1. The Labute approximate surface area is 209 Å². The number of ether oxygens (including phenoxy) is 1. The lowest BCUT2D eigenvalue weighted by Gasteiger charge is -2.25. The number of fused-ring (bicyclic) bond motifs is 1. The fourth-order valence-electron chi connectivity index (χ4n) is 4.25. The predicted molar refractivity (Wildman–Crippen MR) is 133 cm³/mol. The molecule has 0 bridgehead atoms. The van der Waals surface area contributed by atoms with E-state index in [1.54, 1.807) is 22.8 Å². The molecule has 4 aromatic rings. The molecule has 0 aliphatic rings. The second-order valence-electron chi connectivity index (χ2n) is 8.73. The minimum atomic E-state index is -0.0422. The Morgan fingerprint density at radius 1 is 1.23 bits per heavy atom. The molecular weight excluding hydrogens is 468 g/mol. The van der Waals surface area contributed by atoms with Gasteiger partial charge >= 0.3 is 0 Å². The van der Waals surface area contributed by atoms with Gasteiger partial charge in [-0.15, -0.1) is 15.3 Å². The van der Waals surface area contributed by atoms with Crippen molar-refractivity contribution in [3.8, 4) is 17.3 Å². The lowest BCUT2D eigenvalue weighted by molar-refractivity contribution is -0.133. The third kappa shape index (κ3) is 4.86. The Morgan fingerprint density at radius 3 is 2.66 bits per heavy atom. The third-order valence-corrected chi connectivity index (χ3v) is 6.46. The molecule has 0 saturated heterocycles. The van der Waals surface area contributed by atoms with Crippen LogP contribution in [0.4, 0.5) is 0 Å². The van der Waals surface area contributed by atoms with Crippen molar-refractivity contribution in [2.45, 2.75) is 53.1 Å². The molecule has 10 heteroatoms. The molecule has 0 spiro atoms. The van der Waals surface area contributed by atoms with E-state index in [0.29, 0.717) is 41.1 Å². The molecule has 184 valence electrons. The summed E-state index contributed by atoms with van der Waals surface area (Å²) >= 11 is 6.25. The molecule has 0 saturated carbocycles. The van der Waals surface area contributed by atoms with Gasteiger partial charge in [0.1, 0.15) is 0 Å². The molecule has 0 aliphatic heterocycles. The van der Waals surface area contributed by atoms with Crippen molar-refractivity contribution >= 4 is 28.5 Å². The number of aromatic nitrogens is 5. The summed E-state index contributed by atoms with van der Waals surface area (Å²) in [6.07, 6.45) is 0.872. The zero-order valence-electron chi connectivity index (χ0n) is 20.8. The van der Waals surface area contributed by atoms with Crippen molar-refractivity contribution in [1.82, 2.24) is 29.9 Å². The van der Waals surface area contributed by atoms with Gasteiger partial charge in [-0.3, -0.25) is 4.79 Å². The number of aryl methyl sites for hydroxylation is 3. The number of hydrogen-bond acceptors (Lipinski definition) is 7. The van der Waals surface area contributed by atoms with E-state index >= 15 is 0 Å². The van der Waals surface area contributed by atoms with E-state index in [9.17, 15) is 4.79 Å². The molecular formula is C25H29ClN6O3. The molecule has 35 heavy (non-hydrogen) atoms. The molecule has 0 fully saturated rings. The number of benzene rings is 1. The smallest absolute Gasteiger partial charge is 0.249 e. The van der Waals surface area contributed by atoms with E-state index in [1.807, 2.05) is 52.9 Å². The highest BCUT2D eigenvalue weighted by Crippen LogP contribution is 2.31. The van der Waals surface area contributed by atoms with Crippen molar-refractivity contribution in [2.24, 2.45) is 7.05 Å². The van der Waals surface area contributed by atoms with E-state index < -0.39 is 0 Å². The highest BCUT2D eigenvalue weighted by Gasteiger charge is 2.23. The molecule has 0 atom stereocenters. The first-order valence-electron chi connectivity index (χ1n) is 11.4. The fourth-order valence-corrected chi connectivity index (χ4v) is 4.46. The Morgan fingerprint density at radius 2 is 1.97 bits per heavy atom. The largest absolute Gasteiger partial charge is 0.479 e. The molecule has 4 rings (SSSR count). The van der Waals surface area contributed by atoms with Gasteiger partial charge in [0.05, 0.1) is 29.6 Å². The van der Waals surface area contributed by atoms with Crippen LogP contribution in [0.15, 0.2) is 28.7 Å². The summed E-state index contributed by atoms with van der Waals surface area (Å²) in [4.78, 5) is 19.7. The molecule has 0 N–H and O–H groups in total. The average Bonchev–Trinajstić information content (AvgIpc) is 3.41. The monoisotopic (exact) mass is 496 g/mol. The van der Waals surface area contributed by atoms with E-state index in [1.165, 1.54) is 0 Å². The van der Waals surface area contributed by atoms with E-state index in [2.05, 4.69) is 15.3 Å². The van der Waals surface area contributed by atoms with Crippen molar-refractivity contribution in [1.29, 1.82) is 0 Å². The van der Waals surface area contributed by atoms with Gasteiger partial charge in [0.2, 0.25) is 23.6 Å². The lowest BCUT2D eigenvalue weighted by Crippen LogP contribution is -2.36. The van der Waals surface area contributed by atoms with E-state index in [4.69, 9.17) is 25.7 Å². The van der Waals surface area contributed by atoms with Crippen LogP contribution in [0.5, 0.6) is 5.88 Å². The number of carbonyl (C=O) groups is 1. The van der Waals surface area contributed by atoms with Crippen molar-refractivity contribution in [3.63, 3.8) is 0 Å². The van der Waals surface area contributed by atoms with Crippen LogP contribution in [-0.2, 0) is 24.8 Å². The SMILES string of the molecule is COc1nn(C)c2nc(C)c(CCC(=O)N(Cc3nnc(-c4ccccc4Cl)o3)C(C)C)c(C)c12. The molecule has 0 aliphatic carbocycles. The number of methoxy groups -OCH3 is 1. The van der Waals surface area contributed by atoms with Crippen LogP contribution in [0.2, 0.25) is 5.02 Å². The lowest BCUT2D eigenvalue weighted by atomic mass is 9.99. The minimum absolute atomic E-state index is 0.00505. The summed E-state index contributed by atoms with van der Waals surface area (Å²) < 4.78 is 13.0. The maximum atomic E-state index is 13.3. The van der Waals surface area contributed by atoms with Crippen LogP contribution >= 0.6 is 11.6 Å². The first-order chi connectivity index (χ1) is 16.7. The van der Waals surface area contributed by atoms with Crippen molar-refractivity contribution < 1.29 is 13.9 Å². The second-order valence-corrected chi connectivity index (χ2v) is 9.14. The normalized spacial score (nSPS) is 11.4. The van der Waals surface area contributed by atoms with Crippen LogP contribution in [0, 0.1) is 13.8 Å². The van der Waals surface area contributed by atoms with Gasteiger partial charge in [0.25, 0.3) is 0 Å². The molecule has 1 aromatic carbocycles. The molecule has 9 nitrogen and oxygen atoms in total. The number of rotatable bonds is 8. The van der Waals surface area contributed by atoms with E-state index in [0.717, 1.165) is 27.9 Å². The summed E-state index contributed by atoms with van der Waals surface area (Å²) in [5, 5.41) is 14.1. The maximum Gasteiger partial charge on any atom is 0.249 e. The predicted octanol–water partition coefficient (Wildman–Crippen LogP) is 4.67. The van der Waals surface area contributed by atoms with Gasteiger partial charge in [-0.2, -0.15) is 0 Å². The highest BCUT2D eigenvalue weighted by molar-refractivity contribution is 6.33. The Kier molecular flexibility index (Phi) is 7.07. The standard InChI is InChI=1S/C25H29ClN6O3/c1-14(2)32(13-20-28-29-24(35-20)18-9-7-8-10-19(18)26)21(33)12-11-17-15(3)22-23(27-16(17)4)31(5)30-25(22)34-6/h7-10,14H,11-13H2,1-6H3. The summed E-state index contributed by atoms with van der Waals surface area (Å²) in [7, 11) is 3.44. The molecule has 0 unspecified atom stereocenters. The van der Waals surface area contributed by atoms with Gasteiger partial charge in [-0.25, -0.2) is 9.67 Å². The number of pyridine rings is 1. The molecule has 3 heterocycles. The number of nitrogens with zero attached hydrogens (tertiary/aromatic N) is 6. The quantitative estimate of drug-likeness (QED) is 0.349. The van der Waals surface area contributed by atoms with Gasteiger partial charge in [0, 0.05) is 25.2 Å². The van der Waals surface area contributed by atoms with Gasteiger partial charge in [0.15, 0.2) is 5.65 Å². The Bertz CT molecular complexity index is 1380. The minimum Gasteiger partial charge on any atom is -0.479 e. The number of halogens is 1. The first kappa shape index (κ1) is 24.7. The summed E-state index contributed by atoms with van der Waals surface area (Å²) in [6.45, 7) is 8.14. The molecule has 3 aromatic heterocycles. The average molecular weight is 497 g/mol. The second kappa shape index (κ2) is 10.0. The van der Waals surface area contributed by atoms with Gasteiger partial charge in [-0.05, 0) is 57.4 Å². The Balaban J connectivity index is 1.52. The highest BCUT2D eigenvalue weighted by atomic mass is 35.5. The molecule has 1 amide bonds. The van der Waals surface area contributed by atoms with Crippen LogP contribution in [0.3, 0.4) is 0 Å². The number of carbonyl (C=O) groups excluding carboxylic acids is 1. The van der Waals surface area contributed by atoms with Crippen LogP contribution in [0.25, 0.3) is 22.5 Å². The number of hydrogen-bond donors (Lipinski definition) is 0. The van der Waals surface area contributed by atoms with Crippen molar-refractivity contribution in [3.05, 3.63) is 52.0 Å². The fraction of sp³-hybridized carbons (Fsp3) is 0.400. The van der Waals surface area contributed by atoms with Gasteiger partial charge in [-0.1, -0.05) is 23.7 Å². The first-order valence-corrected chi connectivity index (χ1v) is 11.8. The van der Waals surface area contributed by atoms with Crippen LogP contribution in [-0.4, -0.2) is 48.9 Å². The zero-order valence-corrected chi connectivity index (χ0v) is 21.5. The summed E-state index contributed by atoms with van der Waals surface area (Å²) in [5.41, 5.74) is 4.37. The maximum absolute atomic E-state index is 13.3. The molecule has 0 radical (unpaired) electrons. The van der Waals surface area contributed by atoms with Gasteiger partial charge < -0.3 is 14.1 Å². The summed E-state index contributed by atoms with van der Waals surface area (Å²) in [6, 6.07) is 7.23.